The first-order valence-electron chi connectivity index (χ1n) is 10.00. The molecule has 6 nitrogen and oxygen atoms in total. The summed E-state index contributed by atoms with van der Waals surface area (Å²) < 4.78 is 3.30. The Balaban J connectivity index is 1.68. The second-order valence-electron chi connectivity index (χ2n) is 7.96. The van der Waals surface area contributed by atoms with Crippen molar-refractivity contribution < 1.29 is 9.59 Å². The predicted octanol–water partition coefficient (Wildman–Crippen LogP) is 2.14. The second-order valence-corrected chi connectivity index (χ2v) is 7.96. The van der Waals surface area contributed by atoms with E-state index >= 15 is 0 Å². The zero-order chi connectivity index (χ0) is 19.0. The van der Waals surface area contributed by atoms with E-state index in [1.165, 1.54) is 18.4 Å². The summed E-state index contributed by atoms with van der Waals surface area (Å²) in [7, 11) is 1.79. The van der Waals surface area contributed by atoms with E-state index in [4.69, 9.17) is 0 Å². The number of aromatic nitrogens is 2. The molecule has 1 aliphatic heterocycles. The summed E-state index contributed by atoms with van der Waals surface area (Å²) >= 11 is 0. The fraction of sp³-hybridized carbons (Fsp3) is 0.571. The van der Waals surface area contributed by atoms with Crippen LogP contribution in [-0.2, 0) is 23.1 Å². The van der Waals surface area contributed by atoms with E-state index in [1.807, 2.05) is 12.1 Å². The summed E-state index contributed by atoms with van der Waals surface area (Å²) in [6.07, 6.45) is 5.22. The van der Waals surface area contributed by atoms with Crippen LogP contribution in [-0.4, -0.2) is 33.8 Å². The van der Waals surface area contributed by atoms with Crippen LogP contribution in [0.25, 0.3) is 11.0 Å². The molecule has 2 aliphatic rings. The highest BCUT2D eigenvalue weighted by atomic mass is 16.2. The van der Waals surface area contributed by atoms with Gasteiger partial charge in [0.15, 0.2) is 5.78 Å². The van der Waals surface area contributed by atoms with E-state index in [-0.39, 0.29) is 23.7 Å². The number of piperidine rings is 1. The van der Waals surface area contributed by atoms with Gasteiger partial charge in [-0.05, 0) is 62.7 Å². The Kier molecular flexibility index (Phi) is 5.00. The number of ketones is 2. The van der Waals surface area contributed by atoms with Crippen LogP contribution in [0.5, 0.6) is 0 Å². The number of nitrogens with zero attached hydrogens (tertiary/aromatic N) is 2. The van der Waals surface area contributed by atoms with Gasteiger partial charge in [-0.25, -0.2) is 4.79 Å². The maximum Gasteiger partial charge on any atom is 0.329 e. The van der Waals surface area contributed by atoms with Gasteiger partial charge in [0.2, 0.25) is 0 Å². The lowest BCUT2D eigenvalue weighted by Crippen LogP contribution is -2.34. The molecule has 1 atom stereocenters. The van der Waals surface area contributed by atoms with Gasteiger partial charge < -0.3 is 5.32 Å². The van der Waals surface area contributed by atoms with Crippen LogP contribution in [0, 0.1) is 5.92 Å². The molecule has 1 aliphatic carbocycles. The average molecular weight is 369 g/mol. The van der Waals surface area contributed by atoms with E-state index < -0.39 is 6.04 Å². The number of hydrogen-bond acceptors (Lipinski definition) is 4. The van der Waals surface area contributed by atoms with E-state index in [0.29, 0.717) is 12.8 Å². The van der Waals surface area contributed by atoms with Gasteiger partial charge >= 0.3 is 5.69 Å². The van der Waals surface area contributed by atoms with Gasteiger partial charge in [0.1, 0.15) is 5.78 Å². The maximum atomic E-state index is 13.0. The number of hydrogen-bond donors (Lipinski definition) is 1. The fourth-order valence-corrected chi connectivity index (χ4v) is 4.68. The summed E-state index contributed by atoms with van der Waals surface area (Å²) in [5.41, 5.74) is 2.76. The van der Waals surface area contributed by atoms with Crippen molar-refractivity contribution in [3.05, 3.63) is 34.2 Å². The van der Waals surface area contributed by atoms with Gasteiger partial charge in [-0.15, -0.1) is 0 Å². The number of fused-ring (bicyclic) bond motifs is 1. The molecule has 1 unspecified atom stereocenters. The minimum absolute atomic E-state index is 0.0211. The molecule has 4 rings (SSSR count). The standard InChI is InChI=1S/C21H27N3O3/c1-23-20-15(6-5-14-9-11-22-12-10-14)3-2-4-18(20)24(21(23)27)17-8-7-16(25)13-19(17)26/h2-4,14,17,22H,5-13H2,1H3. The highest BCUT2D eigenvalue weighted by molar-refractivity contribution is 6.03. The van der Waals surface area contributed by atoms with Gasteiger partial charge in [0.05, 0.1) is 23.5 Å². The first-order valence-corrected chi connectivity index (χ1v) is 10.00. The summed E-state index contributed by atoms with van der Waals surface area (Å²) in [6.45, 7) is 2.18. The first kappa shape index (κ1) is 18.2. The van der Waals surface area contributed by atoms with Crippen LogP contribution in [0.2, 0.25) is 0 Å². The van der Waals surface area contributed by atoms with Crippen LogP contribution in [0.4, 0.5) is 0 Å². The number of benzene rings is 1. The van der Waals surface area contributed by atoms with Crippen molar-refractivity contribution >= 4 is 22.6 Å². The summed E-state index contributed by atoms with van der Waals surface area (Å²) in [5, 5.41) is 3.40. The molecule has 144 valence electrons. The highest BCUT2D eigenvalue weighted by Crippen LogP contribution is 2.28. The molecule has 2 heterocycles. The minimum Gasteiger partial charge on any atom is -0.317 e. The number of aryl methyl sites for hydroxylation is 2. The lowest BCUT2D eigenvalue weighted by atomic mass is 9.91. The third kappa shape index (κ3) is 3.38. The van der Waals surface area contributed by atoms with Crippen LogP contribution in [0.3, 0.4) is 0 Å². The number of carbonyl (C=O) groups is 2. The smallest absolute Gasteiger partial charge is 0.317 e. The fourth-order valence-electron chi connectivity index (χ4n) is 4.68. The quantitative estimate of drug-likeness (QED) is 0.838. The zero-order valence-electron chi connectivity index (χ0n) is 15.9. The number of para-hydroxylation sites is 1. The van der Waals surface area contributed by atoms with Crippen LogP contribution in [0.15, 0.2) is 23.0 Å². The van der Waals surface area contributed by atoms with E-state index in [1.54, 1.807) is 16.2 Å². The molecule has 2 aromatic rings. The minimum atomic E-state index is -0.515. The lowest BCUT2D eigenvalue weighted by molar-refractivity contribution is -0.132. The molecule has 2 fully saturated rings. The number of rotatable bonds is 4. The average Bonchev–Trinajstić information content (AvgIpc) is 2.93. The Labute approximate surface area is 158 Å². The summed E-state index contributed by atoms with van der Waals surface area (Å²) in [6, 6.07) is 5.49. The first-order chi connectivity index (χ1) is 13.1. The third-order valence-electron chi connectivity index (χ3n) is 6.22. The largest absolute Gasteiger partial charge is 0.329 e. The van der Waals surface area contributed by atoms with Crippen molar-refractivity contribution in [2.75, 3.05) is 13.1 Å². The molecule has 0 amide bonds. The Bertz CT molecular complexity index is 934. The maximum absolute atomic E-state index is 13.0. The summed E-state index contributed by atoms with van der Waals surface area (Å²) in [5.74, 6) is 0.569. The Morgan fingerprint density at radius 2 is 1.89 bits per heavy atom. The van der Waals surface area contributed by atoms with Crippen LogP contribution in [0.1, 0.15) is 50.1 Å². The molecule has 0 bridgehead atoms. The van der Waals surface area contributed by atoms with Gasteiger partial charge in [0.25, 0.3) is 0 Å². The molecule has 0 radical (unpaired) electrons. The van der Waals surface area contributed by atoms with Crippen molar-refractivity contribution in [2.24, 2.45) is 13.0 Å². The highest BCUT2D eigenvalue weighted by Gasteiger charge is 2.31. The lowest BCUT2D eigenvalue weighted by Gasteiger charge is -2.22. The van der Waals surface area contributed by atoms with Crippen molar-refractivity contribution in [2.45, 2.75) is 51.0 Å². The van der Waals surface area contributed by atoms with E-state index in [2.05, 4.69) is 11.4 Å². The molecular weight excluding hydrogens is 342 g/mol. The molecule has 0 spiro atoms. The van der Waals surface area contributed by atoms with Gasteiger partial charge in [-0.2, -0.15) is 0 Å². The number of Topliss-reactive ketones (excluding diaryl/α,β-unsaturated/α-hetero) is 2. The Morgan fingerprint density at radius 1 is 1.11 bits per heavy atom. The summed E-state index contributed by atoms with van der Waals surface area (Å²) in [4.78, 5) is 37.0. The van der Waals surface area contributed by atoms with Crippen molar-refractivity contribution in [1.29, 1.82) is 0 Å². The normalized spacial score (nSPS) is 21.9. The number of carbonyl (C=O) groups excluding carboxylic acids is 2. The van der Waals surface area contributed by atoms with Crippen molar-refractivity contribution in [3.63, 3.8) is 0 Å². The molecular formula is C21H27N3O3. The molecule has 1 N–H and O–H groups in total. The molecule has 1 saturated carbocycles. The number of nitrogens with one attached hydrogen (secondary N) is 1. The van der Waals surface area contributed by atoms with E-state index in [0.717, 1.165) is 42.9 Å². The Hall–Kier alpha value is -2.21. The number of imidazole rings is 1. The van der Waals surface area contributed by atoms with Gasteiger partial charge in [0, 0.05) is 13.5 Å². The third-order valence-corrected chi connectivity index (χ3v) is 6.22. The van der Waals surface area contributed by atoms with Crippen molar-refractivity contribution in [1.82, 2.24) is 14.5 Å². The van der Waals surface area contributed by atoms with E-state index in [9.17, 15) is 14.4 Å². The molecule has 27 heavy (non-hydrogen) atoms. The second kappa shape index (κ2) is 7.43. The van der Waals surface area contributed by atoms with Crippen LogP contribution >= 0.6 is 0 Å². The zero-order valence-corrected chi connectivity index (χ0v) is 15.9. The van der Waals surface area contributed by atoms with Crippen molar-refractivity contribution in [3.8, 4) is 0 Å². The SMILES string of the molecule is Cn1c(=O)n(C2CCC(=O)CC2=O)c2cccc(CCC3CCNCC3)c21. The molecule has 6 heteroatoms. The van der Waals surface area contributed by atoms with Crippen LogP contribution < -0.4 is 11.0 Å². The molecule has 1 saturated heterocycles. The monoisotopic (exact) mass is 369 g/mol. The van der Waals surface area contributed by atoms with Gasteiger partial charge in [-0.3, -0.25) is 18.7 Å². The Morgan fingerprint density at radius 3 is 2.63 bits per heavy atom. The molecule has 1 aromatic carbocycles. The topological polar surface area (TPSA) is 73.1 Å². The van der Waals surface area contributed by atoms with Gasteiger partial charge in [-0.1, -0.05) is 12.1 Å². The predicted molar refractivity (Wildman–Crippen MR) is 104 cm³/mol. The molecule has 1 aromatic heterocycles.